The average Bonchev–Trinajstić information content (AvgIpc) is 2.84. The minimum atomic E-state index is -0.149. The molecule has 1 N–H and O–H groups in total. The van der Waals surface area contributed by atoms with E-state index in [1.165, 1.54) is 0 Å². The molecule has 0 aliphatic carbocycles. The number of carbonyl (C=O) groups excluding carboxylic acids is 1. The van der Waals surface area contributed by atoms with Gasteiger partial charge < -0.3 is 9.84 Å². The Labute approximate surface area is 106 Å². The molecular formula is C12H18N4O2. The van der Waals surface area contributed by atoms with Crippen LogP contribution in [0, 0.1) is 6.92 Å². The lowest BCUT2D eigenvalue weighted by molar-refractivity contribution is 0.0138. The van der Waals surface area contributed by atoms with Crippen LogP contribution >= 0.6 is 0 Å². The quantitative estimate of drug-likeness (QED) is 0.799. The lowest BCUT2D eigenvalue weighted by Gasteiger charge is -2.47. The highest BCUT2D eigenvalue weighted by molar-refractivity contribution is 5.92. The van der Waals surface area contributed by atoms with E-state index < -0.39 is 0 Å². The first-order chi connectivity index (χ1) is 8.72. The Bertz CT molecular complexity index is 437. The largest absolute Gasteiger partial charge is 0.361 e. The van der Waals surface area contributed by atoms with Crippen LogP contribution in [0.1, 0.15) is 16.2 Å². The van der Waals surface area contributed by atoms with Gasteiger partial charge in [-0.25, -0.2) is 0 Å². The van der Waals surface area contributed by atoms with Crippen LogP contribution in [0.2, 0.25) is 0 Å². The number of fused-ring (bicyclic) bond motifs is 3. The molecule has 2 bridgehead atoms. The molecule has 4 rings (SSSR count). The number of aryl methyl sites for hydroxylation is 1. The Morgan fingerprint density at radius 1 is 1.50 bits per heavy atom. The third-order valence-electron chi connectivity index (χ3n) is 3.75. The molecule has 1 amide bonds. The van der Waals surface area contributed by atoms with Crippen molar-refractivity contribution in [3.8, 4) is 0 Å². The van der Waals surface area contributed by atoms with E-state index in [0.29, 0.717) is 24.0 Å². The van der Waals surface area contributed by atoms with Crippen molar-refractivity contribution in [1.82, 2.24) is 20.3 Å². The fourth-order valence-corrected chi connectivity index (χ4v) is 2.69. The number of hydrogen-bond donors (Lipinski definition) is 1. The highest BCUT2D eigenvalue weighted by atomic mass is 16.5. The van der Waals surface area contributed by atoms with Crippen molar-refractivity contribution in [3.05, 3.63) is 17.5 Å². The zero-order valence-corrected chi connectivity index (χ0v) is 10.6. The molecule has 3 fully saturated rings. The minimum Gasteiger partial charge on any atom is -0.361 e. The summed E-state index contributed by atoms with van der Waals surface area (Å²) >= 11 is 0. The monoisotopic (exact) mass is 250 g/mol. The first-order valence-corrected chi connectivity index (χ1v) is 6.40. The SMILES string of the molecule is Cc1cc(C(=O)NCC2CN3CCN2CC3)no1. The van der Waals surface area contributed by atoms with Gasteiger partial charge in [0.15, 0.2) is 5.69 Å². The van der Waals surface area contributed by atoms with Crippen LogP contribution < -0.4 is 5.32 Å². The molecular weight excluding hydrogens is 232 g/mol. The molecule has 6 nitrogen and oxygen atoms in total. The summed E-state index contributed by atoms with van der Waals surface area (Å²) in [5, 5.41) is 6.65. The van der Waals surface area contributed by atoms with E-state index in [4.69, 9.17) is 4.52 Å². The highest BCUT2D eigenvalue weighted by Gasteiger charge is 2.31. The highest BCUT2D eigenvalue weighted by Crippen LogP contribution is 2.14. The maximum atomic E-state index is 11.8. The van der Waals surface area contributed by atoms with Crippen LogP contribution in [-0.2, 0) is 0 Å². The Kier molecular flexibility index (Phi) is 3.05. The lowest BCUT2D eigenvalue weighted by atomic mass is 10.1. The zero-order chi connectivity index (χ0) is 12.5. The Balaban J connectivity index is 1.54. The van der Waals surface area contributed by atoms with Crippen molar-refractivity contribution in [2.24, 2.45) is 0 Å². The number of carbonyl (C=O) groups is 1. The van der Waals surface area contributed by atoms with Gasteiger partial charge in [0.05, 0.1) is 0 Å². The van der Waals surface area contributed by atoms with Crippen molar-refractivity contribution in [1.29, 1.82) is 0 Å². The fraction of sp³-hybridized carbons (Fsp3) is 0.667. The molecule has 1 unspecified atom stereocenters. The van der Waals surface area contributed by atoms with Gasteiger partial charge in [-0.1, -0.05) is 5.16 Å². The molecule has 0 spiro atoms. The topological polar surface area (TPSA) is 61.6 Å². The number of aromatic nitrogens is 1. The van der Waals surface area contributed by atoms with E-state index in [1.807, 2.05) is 0 Å². The van der Waals surface area contributed by atoms with Crippen molar-refractivity contribution in [3.63, 3.8) is 0 Å². The second-order valence-electron chi connectivity index (χ2n) is 5.02. The summed E-state index contributed by atoms with van der Waals surface area (Å²) in [6, 6.07) is 2.09. The van der Waals surface area contributed by atoms with Crippen LogP contribution in [0.3, 0.4) is 0 Å². The van der Waals surface area contributed by atoms with E-state index in [9.17, 15) is 4.79 Å². The Morgan fingerprint density at radius 2 is 2.28 bits per heavy atom. The molecule has 3 aliphatic heterocycles. The first-order valence-electron chi connectivity index (χ1n) is 6.40. The summed E-state index contributed by atoms with van der Waals surface area (Å²) in [6.45, 7) is 8.06. The fourth-order valence-electron chi connectivity index (χ4n) is 2.69. The van der Waals surface area contributed by atoms with E-state index in [1.54, 1.807) is 13.0 Å². The summed E-state index contributed by atoms with van der Waals surface area (Å²) in [6.07, 6.45) is 0. The molecule has 1 atom stereocenters. The van der Waals surface area contributed by atoms with Crippen molar-refractivity contribution < 1.29 is 9.32 Å². The maximum absolute atomic E-state index is 11.8. The van der Waals surface area contributed by atoms with E-state index in [-0.39, 0.29) is 5.91 Å². The van der Waals surface area contributed by atoms with Crippen molar-refractivity contribution in [2.75, 3.05) is 39.3 Å². The van der Waals surface area contributed by atoms with E-state index >= 15 is 0 Å². The van der Waals surface area contributed by atoms with Gasteiger partial charge in [0.25, 0.3) is 5.91 Å². The molecule has 0 aromatic carbocycles. The van der Waals surface area contributed by atoms with Gasteiger partial charge in [0.2, 0.25) is 0 Å². The van der Waals surface area contributed by atoms with Crippen LogP contribution in [0.5, 0.6) is 0 Å². The number of rotatable bonds is 3. The number of amides is 1. The number of nitrogens with one attached hydrogen (secondary N) is 1. The molecule has 0 radical (unpaired) electrons. The Morgan fingerprint density at radius 3 is 2.83 bits per heavy atom. The number of piperazine rings is 3. The molecule has 1 aromatic heterocycles. The predicted octanol–water partition coefficient (Wildman–Crippen LogP) is -0.287. The molecule has 3 saturated heterocycles. The van der Waals surface area contributed by atoms with Crippen LogP contribution in [-0.4, -0.2) is 66.2 Å². The van der Waals surface area contributed by atoms with Gasteiger partial charge in [0.1, 0.15) is 5.76 Å². The summed E-state index contributed by atoms with van der Waals surface area (Å²) in [7, 11) is 0. The number of nitrogens with zero attached hydrogens (tertiary/aromatic N) is 3. The molecule has 98 valence electrons. The predicted molar refractivity (Wildman–Crippen MR) is 65.4 cm³/mol. The van der Waals surface area contributed by atoms with Gasteiger partial charge in [-0.3, -0.25) is 14.6 Å². The molecule has 4 heterocycles. The third-order valence-corrected chi connectivity index (χ3v) is 3.75. The minimum absolute atomic E-state index is 0.149. The smallest absolute Gasteiger partial charge is 0.273 e. The summed E-state index contributed by atoms with van der Waals surface area (Å²) in [5.41, 5.74) is 0.365. The van der Waals surface area contributed by atoms with Crippen LogP contribution in [0.4, 0.5) is 0 Å². The average molecular weight is 250 g/mol. The molecule has 1 aromatic rings. The van der Waals surface area contributed by atoms with Crippen LogP contribution in [0.15, 0.2) is 10.6 Å². The van der Waals surface area contributed by atoms with Gasteiger partial charge in [-0.05, 0) is 6.92 Å². The normalized spacial score (nSPS) is 30.4. The second kappa shape index (κ2) is 4.70. The van der Waals surface area contributed by atoms with Crippen molar-refractivity contribution >= 4 is 5.91 Å². The van der Waals surface area contributed by atoms with Gasteiger partial charge in [-0.15, -0.1) is 0 Å². The van der Waals surface area contributed by atoms with Gasteiger partial charge in [-0.2, -0.15) is 0 Å². The molecule has 6 heteroatoms. The summed E-state index contributed by atoms with van der Waals surface area (Å²) in [4.78, 5) is 16.7. The first kappa shape index (κ1) is 11.7. The zero-order valence-electron chi connectivity index (χ0n) is 10.6. The van der Waals surface area contributed by atoms with Gasteiger partial charge in [0, 0.05) is 51.4 Å². The van der Waals surface area contributed by atoms with Gasteiger partial charge >= 0.3 is 0 Å². The molecule has 18 heavy (non-hydrogen) atoms. The second-order valence-corrected chi connectivity index (χ2v) is 5.02. The third kappa shape index (κ3) is 2.26. The van der Waals surface area contributed by atoms with E-state index in [0.717, 1.165) is 32.7 Å². The Hall–Kier alpha value is -1.40. The maximum Gasteiger partial charge on any atom is 0.273 e. The number of hydrogen-bond acceptors (Lipinski definition) is 5. The lowest BCUT2D eigenvalue weighted by Crippen LogP contribution is -2.63. The molecule has 3 aliphatic rings. The van der Waals surface area contributed by atoms with Crippen LogP contribution in [0.25, 0.3) is 0 Å². The molecule has 0 saturated carbocycles. The van der Waals surface area contributed by atoms with E-state index in [2.05, 4.69) is 20.3 Å². The summed E-state index contributed by atoms with van der Waals surface area (Å²) < 4.78 is 4.90. The standard InChI is InChI=1S/C12H18N4O2/c1-9-6-11(14-18-9)12(17)13-7-10-8-15-2-4-16(10)5-3-15/h6,10H,2-5,7-8H2,1H3,(H,13,17). The summed E-state index contributed by atoms with van der Waals surface area (Å²) in [5.74, 6) is 0.510. The van der Waals surface area contributed by atoms with Crippen molar-refractivity contribution in [2.45, 2.75) is 13.0 Å².